The number of nitrogens with zero attached hydrogens (tertiary/aromatic N) is 1. The Balaban J connectivity index is 1.64. The van der Waals surface area contributed by atoms with Gasteiger partial charge in [0.25, 0.3) is 0 Å². The van der Waals surface area contributed by atoms with E-state index in [-0.39, 0.29) is 91.8 Å². The average molecular weight is 1410 g/mol. The second-order valence-electron chi connectivity index (χ2n) is 21.4. The summed E-state index contributed by atoms with van der Waals surface area (Å²) in [5, 5.41) is 92.8. The van der Waals surface area contributed by atoms with E-state index in [1.165, 1.54) is 14.0 Å². The topological polar surface area (TPSA) is 430 Å². The number of aliphatic hydroxyl groups excluding tert-OH is 9. The number of hydrogen-bond acceptors (Lipinski definition) is 33. The van der Waals surface area contributed by atoms with Gasteiger partial charge in [0.1, 0.15) is 68.9 Å². The molecule has 20 atom stereocenters. The lowest BCUT2D eigenvalue weighted by Gasteiger charge is -2.44. The van der Waals surface area contributed by atoms with Crippen LogP contribution in [-0.4, -0.2) is 249 Å². The number of nitrogens with one attached hydrogen (secondary N) is 1. The smallest absolute Gasteiger partial charge is 0.217 e. The van der Waals surface area contributed by atoms with Crippen molar-refractivity contribution < 1.29 is 135 Å². The molecule has 516 valence electrons. The number of carbonyl (C=O) groups is 1. The molecule has 0 aromatic heterocycles. The normalized spacial score (nSPS) is 31.6. The number of unbranched alkanes of at least 4 members (excludes halogenated alkanes) is 3. The Morgan fingerprint density at radius 3 is 1.24 bits per heavy atom. The van der Waals surface area contributed by atoms with Crippen LogP contribution in [0.3, 0.4) is 0 Å². The molecule has 3 saturated heterocycles. The van der Waals surface area contributed by atoms with Crippen molar-refractivity contribution in [2.75, 3.05) is 107 Å². The van der Waals surface area contributed by atoms with Crippen LogP contribution in [0.4, 0.5) is 0 Å². The average Bonchev–Trinajstić information content (AvgIpc) is 2.40. The summed E-state index contributed by atoms with van der Waals surface area (Å²) in [5.74, 6) is -1.67. The molecule has 0 saturated carbocycles. The lowest BCUT2D eigenvalue weighted by Crippen LogP contribution is -2.64. The molecule has 0 aliphatic carbocycles. The fourth-order valence-electron chi connectivity index (χ4n) is 9.73. The second kappa shape index (κ2) is 41.8. The first kappa shape index (κ1) is 82.2. The molecule has 87 heavy (non-hydrogen) atoms. The summed E-state index contributed by atoms with van der Waals surface area (Å²) in [7, 11) is 3.01. The van der Waals surface area contributed by atoms with Crippen molar-refractivity contribution in [3.63, 3.8) is 0 Å². The van der Waals surface area contributed by atoms with Crippen LogP contribution in [0.25, 0.3) is 0 Å². The first-order chi connectivity index (χ1) is 41.0. The molecule has 0 spiro atoms. The quantitative estimate of drug-likeness (QED) is 0.0199. The third-order valence-corrected chi connectivity index (χ3v) is 21.5. The van der Waals surface area contributed by atoms with Crippen LogP contribution >= 0.6 is 27.0 Å². The predicted molar refractivity (Wildman–Crippen MR) is 319 cm³/mol. The lowest BCUT2D eigenvalue weighted by molar-refractivity contribution is -0.282. The van der Waals surface area contributed by atoms with E-state index in [1.807, 2.05) is 11.9 Å². The molecule has 0 aromatic carbocycles. The molecule has 1 amide bonds. The minimum Gasteiger partial charge on any atom is -0.780 e. The number of hydrogen-bond donors (Lipinski definition) is 10. The monoisotopic (exact) mass is 1410 g/mol. The summed E-state index contributed by atoms with van der Waals surface area (Å²) in [6.07, 6.45) is -9.72. The van der Waals surface area contributed by atoms with E-state index in [1.54, 1.807) is 13.8 Å². The Labute approximate surface area is 530 Å². The first-order valence-electron chi connectivity index (χ1n) is 29.0. The van der Waals surface area contributed by atoms with Gasteiger partial charge in [-0.2, -0.15) is 0 Å². The summed E-state index contributed by atoms with van der Waals surface area (Å²) in [4.78, 5) is 52.8. The van der Waals surface area contributed by atoms with Crippen molar-refractivity contribution in [3.05, 3.63) is 0 Å². The number of carbonyl (C=O) groups excluding carboxylic acids is 1. The Kier molecular flexibility index (Phi) is 39.5. The van der Waals surface area contributed by atoms with E-state index in [0.717, 1.165) is 0 Å². The molecule has 3 aliphatic heterocycles. The van der Waals surface area contributed by atoms with Gasteiger partial charge in [-0.05, 0) is 90.5 Å². The van der Waals surface area contributed by atoms with Crippen molar-refractivity contribution in [1.82, 2.24) is 10.2 Å². The number of ether oxygens (including phenoxy) is 6. The Morgan fingerprint density at radius 1 is 0.529 bits per heavy atom. The van der Waals surface area contributed by atoms with Crippen molar-refractivity contribution >= 4 is 80.5 Å². The standard InChI is InChI=1S/C49H98N2O28P4S4/c1-33-40(56)42(58)36(30-52)77-46(33)67-20-6-9-23-71-81(63,85)74-26-12-16-49(51(4)19-15-29-70-80(62,84)66-5,17-13-27-75-82(64,86)72-24-10-7-21-68-47-34(2)41(57)43(59)37(31-53)78-47)18-14-28-76-83(65,87)73-25-11-8-22-69-48-39(50-35(3)55)45(61)44(60)38(32-54)79-48/h33-34,36-48,52-54,56-61H,6-32H2,1-5H3,(H,50,55)(H,62,84)(H,63,85)(H,64,86)(H,65,87)/p-4/t33?,34?,36?,37?,38?,39?,40-,41-,42+,43+,44+,45-,46-,47-,48-,49?,80?,81?,82?,83?/m1/s1. The van der Waals surface area contributed by atoms with Gasteiger partial charge in [0.05, 0.1) is 78.3 Å². The molecule has 30 nitrogen and oxygen atoms in total. The Morgan fingerprint density at radius 2 is 0.851 bits per heavy atom. The molecule has 11 unspecified atom stereocenters. The van der Waals surface area contributed by atoms with Gasteiger partial charge in [-0.3, -0.25) is 9.36 Å². The Hall–Kier alpha value is 0.920. The number of rotatable bonds is 47. The molecule has 0 aromatic rings. The molecule has 3 heterocycles. The highest BCUT2D eigenvalue weighted by Crippen LogP contribution is 2.47. The zero-order chi connectivity index (χ0) is 65.0. The van der Waals surface area contributed by atoms with Gasteiger partial charge in [-0.1, -0.05) is 49.3 Å². The van der Waals surface area contributed by atoms with Gasteiger partial charge in [0.15, 0.2) is 25.7 Å². The first-order valence-corrected chi connectivity index (χ1v) is 39.2. The maximum atomic E-state index is 13.4. The summed E-state index contributed by atoms with van der Waals surface area (Å²) < 4.78 is 90.8. The van der Waals surface area contributed by atoms with E-state index in [4.69, 9.17) is 112 Å². The minimum absolute atomic E-state index is 0.0159. The molecular formula is C49H94N2O28P4S4-4. The minimum atomic E-state index is -4.05. The fourth-order valence-corrected chi connectivity index (χ4v) is 14.1. The number of aliphatic hydroxyl groups is 9. The lowest BCUT2D eigenvalue weighted by atomic mass is 9.82. The van der Waals surface area contributed by atoms with Gasteiger partial charge < -0.3 is 148 Å². The van der Waals surface area contributed by atoms with Gasteiger partial charge in [-0.15, -0.1) is 0 Å². The van der Waals surface area contributed by atoms with E-state index >= 15 is 0 Å². The molecule has 10 N–H and O–H groups in total. The van der Waals surface area contributed by atoms with Gasteiger partial charge in [0.2, 0.25) is 5.91 Å². The van der Waals surface area contributed by atoms with Crippen LogP contribution < -0.4 is 20.0 Å². The zero-order valence-electron chi connectivity index (χ0n) is 49.9. The molecule has 3 aliphatic rings. The SMILES string of the molecule is COP([O-])(=S)OCCCN(C)C(CCCOP(=O)([S-])OCCCCO[C@@H]1OC(CO)[C@H](O)[C@H](O)C1C)(CCCOP([O-])(=S)OCCCCO[C@@H]1OC(CO)[C@H](O)[C@H](O)C1C)CCCOP([O-])(=S)OCCCCO[C@@H]1OC(CO)[C@H](O)[C@H](O)C1NC(C)=O. The van der Waals surface area contributed by atoms with E-state index in [9.17, 15) is 70.0 Å². The zero-order valence-corrected chi connectivity index (χ0v) is 56.7. The van der Waals surface area contributed by atoms with Crippen molar-refractivity contribution in [2.45, 2.75) is 190 Å². The third-order valence-electron chi connectivity index (χ3n) is 14.9. The maximum Gasteiger partial charge on any atom is 0.217 e. The fraction of sp³-hybridized carbons (Fsp3) is 0.980. The molecule has 38 heteroatoms. The summed E-state index contributed by atoms with van der Waals surface area (Å²) in [6, 6.07) is -1.13. The molecule has 3 fully saturated rings. The van der Waals surface area contributed by atoms with Gasteiger partial charge in [0, 0.05) is 57.8 Å². The highest BCUT2D eigenvalue weighted by molar-refractivity contribution is 8.32. The number of amides is 1. The largest absolute Gasteiger partial charge is 0.780 e. The van der Waals surface area contributed by atoms with Crippen LogP contribution in [0.1, 0.15) is 104 Å². The summed E-state index contributed by atoms with van der Waals surface area (Å²) in [6.45, 7) is -12.8. The molecule has 0 bridgehead atoms. The second-order valence-corrected chi connectivity index (χ2v) is 32.5. The van der Waals surface area contributed by atoms with Crippen LogP contribution in [0.2, 0.25) is 0 Å². The van der Waals surface area contributed by atoms with Gasteiger partial charge in [-0.25, -0.2) is 0 Å². The van der Waals surface area contributed by atoms with Crippen LogP contribution in [0, 0.1) is 11.8 Å². The highest BCUT2D eigenvalue weighted by Gasteiger charge is 2.46. The third kappa shape index (κ3) is 29.8. The molecule has 3 rings (SSSR count). The van der Waals surface area contributed by atoms with E-state index in [2.05, 4.69) is 5.32 Å². The molecule has 0 radical (unpaired) electrons. The van der Waals surface area contributed by atoms with Crippen LogP contribution in [0.15, 0.2) is 0 Å². The molecular weight excluding hydrogens is 1320 g/mol. The van der Waals surface area contributed by atoms with E-state index < -0.39 is 150 Å². The Bertz CT molecular complexity index is 2050. The summed E-state index contributed by atoms with van der Waals surface area (Å²) in [5.41, 5.74) is -0.804. The van der Waals surface area contributed by atoms with Crippen molar-refractivity contribution in [3.8, 4) is 0 Å². The predicted octanol–water partition coefficient (Wildman–Crippen LogP) is -0.956. The van der Waals surface area contributed by atoms with Crippen molar-refractivity contribution in [1.29, 1.82) is 0 Å². The van der Waals surface area contributed by atoms with Crippen LogP contribution in [-0.2, 0) is 122 Å². The van der Waals surface area contributed by atoms with E-state index in [0.29, 0.717) is 64.3 Å². The highest BCUT2D eigenvalue weighted by atomic mass is 32.7. The van der Waals surface area contributed by atoms with Gasteiger partial charge >= 0.3 is 0 Å². The van der Waals surface area contributed by atoms with Crippen LogP contribution in [0.5, 0.6) is 0 Å². The summed E-state index contributed by atoms with van der Waals surface area (Å²) >= 11 is 20.5. The van der Waals surface area contributed by atoms with Crippen molar-refractivity contribution in [2.24, 2.45) is 11.8 Å². The maximum absolute atomic E-state index is 13.4.